The minimum Gasteiger partial charge on any atom is -0.477 e. The van der Waals surface area contributed by atoms with E-state index >= 15 is 0 Å². The predicted molar refractivity (Wildman–Crippen MR) is 76.6 cm³/mol. The molecule has 1 aromatic heterocycles. The Morgan fingerprint density at radius 2 is 2.11 bits per heavy atom. The SMILES string of the molecule is CC(C)CCNc1nc(C(=O)O)cc2ccccc12. The van der Waals surface area contributed by atoms with Crippen molar-refractivity contribution >= 4 is 22.6 Å². The first-order chi connectivity index (χ1) is 9.08. The van der Waals surface area contributed by atoms with Crippen LogP contribution in [0.15, 0.2) is 30.3 Å². The molecule has 0 fully saturated rings. The zero-order valence-electron chi connectivity index (χ0n) is 11.2. The highest BCUT2D eigenvalue weighted by Crippen LogP contribution is 2.22. The third-order valence-electron chi connectivity index (χ3n) is 2.97. The zero-order valence-corrected chi connectivity index (χ0v) is 11.2. The molecular formula is C15H18N2O2. The van der Waals surface area contributed by atoms with Crippen molar-refractivity contribution in [2.75, 3.05) is 11.9 Å². The number of benzene rings is 1. The average molecular weight is 258 g/mol. The van der Waals surface area contributed by atoms with Crippen LogP contribution in [0.5, 0.6) is 0 Å². The van der Waals surface area contributed by atoms with Gasteiger partial charge in [-0.2, -0.15) is 0 Å². The summed E-state index contributed by atoms with van der Waals surface area (Å²) in [5.41, 5.74) is 0.0748. The van der Waals surface area contributed by atoms with Crippen LogP contribution in [-0.2, 0) is 0 Å². The van der Waals surface area contributed by atoms with Gasteiger partial charge in [0.1, 0.15) is 5.82 Å². The number of carboxylic acid groups (broad SMARTS) is 1. The van der Waals surface area contributed by atoms with Gasteiger partial charge in [-0.25, -0.2) is 9.78 Å². The molecule has 0 atom stereocenters. The summed E-state index contributed by atoms with van der Waals surface area (Å²) in [6, 6.07) is 9.28. The molecule has 2 aromatic rings. The van der Waals surface area contributed by atoms with Gasteiger partial charge in [-0.1, -0.05) is 38.1 Å². The Balaban J connectivity index is 2.36. The highest BCUT2D eigenvalue weighted by Gasteiger charge is 2.10. The molecule has 0 bridgehead atoms. The maximum atomic E-state index is 11.1. The monoisotopic (exact) mass is 258 g/mol. The number of rotatable bonds is 5. The summed E-state index contributed by atoms with van der Waals surface area (Å²) in [6.45, 7) is 5.10. The molecule has 1 aromatic carbocycles. The minimum absolute atomic E-state index is 0.0748. The van der Waals surface area contributed by atoms with Gasteiger partial charge in [0.15, 0.2) is 5.69 Å². The smallest absolute Gasteiger partial charge is 0.354 e. The molecule has 2 N–H and O–H groups in total. The van der Waals surface area contributed by atoms with Gasteiger partial charge in [-0.15, -0.1) is 0 Å². The van der Waals surface area contributed by atoms with Crippen LogP contribution in [-0.4, -0.2) is 22.6 Å². The lowest BCUT2D eigenvalue weighted by Crippen LogP contribution is -2.09. The van der Waals surface area contributed by atoms with E-state index in [1.807, 2.05) is 24.3 Å². The van der Waals surface area contributed by atoms with Gasteiger partial charge in [-0.05, 0) is 23.8 Å². The molecule has 0 spiro atoms. The number of hydrogen-bond donors (Lipinski definition) is 2. The zero-order chi connectivity index (χ0) is 13.8. The van der Waals surface area contributed by atoms with Crippen molar-refractivity contribution in [3.05, 3.63) is 36.0 Å². The lowest BCUT2D eigenvalue weighted by Gasteiger charge is -2.11. The minimum atomic E-state index is -1.00. The van der Waals surface area contributed by atoms with Crippen LogP contribution in [0, 0.1) is 5.92 Å². The molecule has 4 heteroatoms. The molecule has 4 nitrogen and oxygen atoms in total. The van der Waals surface area contributed by atoms with Crippen LogP contribution < -0.4 is 5.32 Å². The van der Waals surface area contributed by atoms with E-state index in [0.717, 1.165) is 23.7 Å². The molecule has 0 amide bonds. The second-order valence-electron chi connectivity index (χ2n) is 4.99. The van der Waals surface area contributed by atoms with Crippen molar-refractivity contribution < 1.29 is 9.90 Å². The van der Waals surface area contributed by atoms with Gasteiger partial charge in [0, 0.05) is 11.9 Å². The second kappa shape index (κ2) is 5.69. The average Bonchev–Trinajstić information content (AvgIpc) is 2.38. The number of nitrogens with one attached hydrogen (secondary N) is 1. The lowest BCUT2D eigenvalue weighted by molar-refractivity contribution is 0.0691. The fraction of sp³-hybridized carbons (Fsp3) is 0.333. The Bertz CT molecular complexity index is 594. The maximum Gasteiger partial charge on any atom is 0.354 e. The first kappa shape index (κ1) is 13.3. The molecule has 1 heterocycles. The summed E-state index contributed by atoms with van der Waals surface area (Å²) >= 11 is 0. The number of aromatic nitrogens is 1. The van der Waals surface area contributed by atoms with Crippen molar-refractivity contribution in [1.82, 2.24) is 4.98 Å². The van der Waals surface area contributed by atoms with Crippen LogP contribution in [0.25, 0.3) is 10.8 Å². The van der Waals surface area contributed by atoms with E-state index in [9.17, 15) is 4.79 Å². The molecule has 100 valence electrons. The molecule has 0 aliphatic carbocycles. The van der Waals surface area contributed by atoms with Crippen molar-refractivity contribution in [3.8, 4) is 0 Å². The van der Waals surface area contributed by atoms with Crippen molar-refractivity contribution in [2.45, 2.75) is 20.3 Å². The van der Waals surface area contributed by atoms with Crippen molar-refractivity contribution in [1.29, 1.82) is 0 Å². The molecule has 0 unspecified atom stereocenters. The van der Waals surface area contributed by atoms with E-state index in [2.05, 4.69) is 24.1 Å². The van der Waals surface area contributed by atoms with Crippen LogP contribution >= 0.6 is 0 Å². The van der Waals surface area contributed by atoms with Crippen LogP contribution in [0.3, 0.4) is 0 Å². The van der Waals surface area contributed by atoms with Gasteiger partial charge in [0.05, 0.1) is 0 Å². The number of carbonyl (C=O) groups is 1. The highest BCUT2D eigenvalue weighted by molar-refractivity contribution is 5.97. The van der Waals surface area contributed by atoms with Crippen LogP contribution in [0.2, 0.25) is 0 Å². The third-order valence-corrected chi connectivity index (χ3v) is 2.97. The molecule has 0 aliphatic rings. The normalized spacial score (nSPS) is 10.9. The highest BCUT2D eigenvalue weighted by atomic mass is 16.4. The van der Waals surface area contributed by atoms with E-state index < -0.39 is 5.97 Å². The third kappa shape index (κ3) is 3.22. The number of fused-ring (bicyclic) bond motifs is 1. The van der Waals surface area contributed by atoms with E-state index in [1.54, 1.807) is 6.07 Å². The van der Waals surface area contributed by atoms with Crippen LogP contribution in [0.1, 0.15) is 30.8 Å². The van der Waals surface area contributed by atoms with Gasteiger partial charge < -0.3 is 10.4 Å². The summed E-state index contributed by atoms with van der Waals surface area (Å²) in [6.07, 6.45) is 1.02. The number of carboxylic acids is 1. The van der Waals surface area contributed by atoms with Crippen molar-refractivity contribution in [3.63, 3.8) is 0 Å². The van der Waals surface area contributed by atoms with Crippen molar-refractivity contribution in [2.24, 2.45) is 5.92 Å². The topological polar surface area (TPSA) is 62.2 Å². The maximum absolute atomic E-state index is 11.1. The first-order valence-electron chi connectivity index (χ1n) is 6.45. The summed E-state index contributed by atoms with van der Waals surface area (Å²) in [5, 5.41) is 14.2. The van der Waals surface area contributed by atoms with Gasteiger partial charge in [0.25, 0.3) is 0 Å². The van der Waals surface area contributed by atoms with E-state index in [1.165, 1.54) is 0 Å². The Labute approximate surface area is 112 Å². The molecular weight excluding hydrogens is 240 g/mol. The number of hydrogen-bond acceptors (Lipinski definition) is 3. The summed E-state index contributed by atoms with van der Waals surface area (Å²) in [7, 11) is 0. The Kier molecular flexibility index (Phi) is 4.00. The Morgan fingerprint density at radius 1 is 1.37 bits per heavy atom. The summed E-state index contributed by atoms with van der Waals surface area (Å²) < 4.78 is 0. The molecule has 0 saturated carbocycles. The Hall–Kier alpha value is -2.10. The fourth-order valence-corrected chi connectivity index (χ4v) is 1.92. The Morgan fingerprint density at radius 3 is 2.79 bits per heavy atom. The number of nitrogens with zero attached hydrogens (tertiary/aromatic N) is 1. The fourth-order valence-electron chi connectivity index (χ4n) is 1.92. The number of anilines is 1. The molecule has 0 aliphatic heterocycles. The second-order valence-corrected chi connectivity index (χ2v) is 4.99. The van der Waals surface area contributed by atoms with Gasteiger partial charge in [-0.3, -0.25) is 0 Å². The predicted octanol–water partition coefficient (Wildman–Crippen LogP) is 3.39. The number of aromatic carboxylic acids is 1. The first-order valence-corrected chi connectivity index (χ1v) is 6.45. The standard InChI is InChI=1S/C15H18N2O2/c1-10(2)7-8-16-14-12-6-4-3-5-11(12)9-13(17-14)15(18)19/h3-6,9-10H,7-8H2,1-2H3,(H,16,17)(H,18,19). The summed E-state index contributed by atoms with van der Waals surface area (Å²) in [5.74, 6) is 0.246. The molecule has 0 radical (unpaired) electrons. The van der Waals surface area contributed by atoms with Gasteiger partial charge >= 0.3 is 5.97 Å². The molecule has 2 rings (SSSR count). The van der Waals surface area contributed by atoms with E-state index in [0.29, 0.717) is 11.7 Å². The van der Waals surface area contributed by atoms with E-state index in [4.69, 9.17) is 5.11 Å². The largest absolute Gasteiger partial charge is 0.477 e. The molecule has 19 heavy (non-hydrogen) atoms. The van der Waals surface area contributed by atoms with Crippen LogP contribution in [0.4, 0.5) is 5.82 Å². The molecule has 0 saturated heterocycles. The van der Waals surface area contributed by atoms with Gasteiger partial charge in [0.2, 0.25) is 0 Å². The number of pyridine rings is 1. The quantitative estimate of drug-likeness (QED) is 0.863. The van der Waals surface area contributed by atoms with E-state index in [-0.39, 0.29) is 5.69 Å². The summed E-state index contributed by atoms with van der Waals surface area (Å²) in [4.78, 5) is 15.3. The lowest BCUT2D eigenvalue weighted by atomic mass is 10.1.